The largest absolute Gasteiger partial charge is 0.312 e. The first-order chi connectivity index (χ1) is 8.78. The van der Waals surface area contributed by atoms with Gasteiger partial charge in [-0.15, -0.1) is 11.3 Å². The van der Waals surface area contributed by atoms with E-state index in [0.29, 0.717) is 6.04 Å². The summed E-state index contributed by atoms with van der Waals surface area (Å²) < 4.78 is 0. The molecule has 1 aromatic rings. The lowest BCUT2D eigenvalue weighted by Crippen LogP contribution is -2.27. The van der Waals surface area contributed by atoms with Crippen molar-refractivity contribution in [2.45, 2.75) is 57.9 Å². The van der Waals surface area contributed by atoms with E-state index in [1.807, 2.05) is 0 Å². The molecular formula is C16H25NS. The summed E-state index contributed by atoms with van der Waals surface area (Å²) in [5.41, 5.74) is 1.65. The van der Waals surface area contributed by atoms with Gasteiger partial charge in [0.2, 0.25) is 0 Å². The van der Waals surface area contributed by atoms with Gasteiger partial charge in [0.15, 0.2) is 0 Å². The molecule has 100 valence electrons. The topological polar surface area (TPSA) is 12.0 Å². The van der Waals surface area contributed by atoms with E-state index in [2.05, 4.69) is 36.7 Å². The second-order valence-electron chi connectivity index (χ2n) is 6.24. The van der Waals surface area contributed by atoms with Gasteiger partial charge in [-0.05, 0) is 62.6 Å². The van der Waals surface area contributed by atoms with E-state index in [1.54, 1.807) is 15.3 Å². The molecular weight excluding hydrogens is 238 g/mol. The Balaban J connectivity index is 1.75. The van der Waals surface area contributed by atoms with Crippen molar-refractivity contribution in [2.75, 3.05) is 7.05 Å². The minimum atomic E-state index is 0.619. The van der Waals surface area contributed by atoms with E-state index in [0.717, 1.165) is 11.8 Å². The number of hydrogen-bond donors (Lipinski definition) is 1. The maximum Gasteiger partial charge on any atom is 0.0441 e. The van der Waals surface area contributed by atoms with Crippen LogP contribution in [0.5, 0.6) is 0 Å². The maximum atomic E-state index is 3.60. The number of rotatable bonds is 3. The Morgan fingerprint density at radius 3 is 2.67 bits per heavy atom. The lowest BCUT2D eigenvalue weighted by molar-refractivity contribution is 0.240. The van der Waals surface area contributed by atoms with E-state index >= 15 is 0 Å². The highest BCUT2D eigenvalue weighted by Crippen LogP contribution is 2.41. The van der Waals surface area contributed by atoms with Gasteiger partial charge in [-0.3, -0.25) is 0 Å². The van der Waals surface area contributed by atoms with E-state index in [9.17, 15) is 0 Å². The van der Waals surface area contributed by atoms with Gasteiger partial charge >= 0.3 is 0 Å². The van der Waals surface area contributed by atoms with E-state index < -0.39 is 0 Å². The van der Waals surface area contributed by atoms with Crippen LogP contribution in [0.4, 0.5) is 0 Å². The van der Waals surface area contributed by atoms with Gasteiger partial charge in [0, 0.05) is 15.8 Å². The monoisotopic (exact) mass is 263 g/mol. The number of nitrogens with one attached hydrogen (secondary N) is 1. The van der Waals surface area contributed by atoms with Crippen LogP contribution in [0.1, 0.15) is 60.4 Å². The standard InChI is InChI=1S/C16H25NS/c1-11-6-8-12(9-7-11)16(17-2)15-10-13-4-3-5-14(13)18-15/h10-12,16-17H,3-9H2,1-2H3. The SMILES string of the molecule is CNC(c1cc2c(s1)CCC2)C1CCC(C)CC1. The van der Waals surface area contributed by atoms with Crippen LogP contribution in [0, 0.1) is 11.8 Å². The van der Waals surface area contributed by atoms with Crippen LogP contribution in [0.2, 0.25) is 0 Å². The molecule has 1 nitrogen and oxygen atoms in total. The van der Waals surface area contributed by atoms with Crippen LogP contribution in [-0.4, -0.2) is 7.05 Å². The molecule has 2 heteroatoms. The predicted molar refractivity (Wildman–Crippen MR) is 79.3 cm³/mol. The third-order valence-corrected chi connectivity index (χ3v) is 6.24. The Morgan fingerprint density at radius 1 is 1.22 bits per heavy atom. The van der Waals surface area contributed by atoms with Crippen molar-refractivity contribution in [3.05, 3.63) is 21.4 Å². The summed E-state index contributed by atoms with van der Waals surface area (Å²) in [6, 6.07) is 3.12. The fraction of sp³-hybridized carbons (Fsp3) is 0.750. The van der Waals surface area contributed by atoms with Crippen LogP contribution in [0.3, 0.4) is 0 Å². The van der Waals surface area contributed by atoms with E-state index in [1.165, 1.54) is 44.9 Å². The molecule has 1 N–H and O–H groups in total. The van der Waals surface area contributed by atoms with Crippen LogP contribution in [0.15, 0.2) is 6.07 Å². The maximum absolute atomic E-state index is 3.60. The first-order valence-electron chi connectivity index (χ1n) is 7.56. The van der Waals surface area contributed by atoms with E-state index in [4.69, 9.17) is 0 Å². The molecule has 1 atom stereocenters. The summed E-state index contributed by atoms with van der Waals surface area (Å²) in [5.74, 6) is 1.82. The quantitative estimate of drug-likeness (QED) is 0.856. The summed E-state index contributed by atoms with van der Waals surface area (Å²) in [6.45, 7) is 2.41. The molecule has 2 aliphatic carbocycles. The second-order valence-corrected chi connectivity index (χ2v) is 7.41. The molecule has 2 aliphatic rings. The molecule has 0 aliphatic heterocycles. The molecule has 18 heavy (non-hydrogen) atoms. The van der Waals surface area contributed by atoms with E-state index in [-0.39, 0.29) is 0 Å². The third kappa shape index (κ3) is 2.37. The summed E-state index contributed by atoms with van der Waals surface area (Å²) >= 11 is 2.09. The van der Waals surface area contributed by atoms with Crippen molar-refractivity contribution >= 4 is 11.3 Å². The minimum Gasteiger partial charge on any atom is -0.312 e. The van der Waals surface area contributed by atoms with Crippen molar-refractivity contribution in [2.24, 2.45) is 11.8 Å². The minimum absolute atomic E-state index is 0.619. The van der Waals surface area contributed by atoms with Crippen LogP contribution in [0.25, 0.3) is 0 Å². The highest BCUT2D eigenvalue weighted by Gasteiger charge is 2.28. The molecule has 1 unspecified atom stereocenters. The molecule has 1 saturated carbocycles. The van der Waals surface area contributed by atoms with Gasteiger partial charge in [0.05, 0.1) is 0 Å². The van der Waals surface area contributed by atoms with Crippen molar-refractivity contribution in [3.63, 3.8) is 0 Å². The van der Waals surface area contributed by atoms with Crippen molar-refractivity contribution in [1.29, 1.82) is 0 Å². The zero-order valence-corrected chi connectivity index (χ0v) is 12.5. The van der Waals surface area contributed by atoms with Crippen molar-refractivity contribution in [1.82, 2.24) is 5.32 Å². The molecule has 0 spiro atoms. The number of hydrogen-bond acceptors (Lipinski definition) is 2. The number of thiophene rings is 1. The molecule has 3 rings (SSSR count). The fourth-order valence-electron chi connectivity index (χ4n) is 3.73. The Hall–Kier alpha value is -0.340. The van der Waals surface area contributed by atoms with Gasteiger partial charge in [-0.1, -0.05) is 19.8 Å². The Bertz CT molecular complexity index is 380. The molecule has 1 aromatic heterocycles. The first-order valence-corrected chi connectivity index (χ1v) is 8.38. The molecule has 0 aromatic carbocycles. The lowest BCUT2D eigenvalue weighted by Gasteiger charge is -2.32. The van der Waals surface area contributed by atoms with Gasteiger partial charge in [-0.25, -0.2) is 0 Å². The smallest absolute Gasteiger partial charge is 0.0441 e. The molecule has 0 radical (unpaired) electrons. The molecule has 1 fully saturated rings. The lowest BCUT2D eigenvalue weighted by atomic mass is 9.79. The van der Waals surface area contributed by atoms with Crippen LogP contribution in [-0.2, 0) is 12.8 Å². The van der Waals surface area contributed by atoms with Gasteiger partial charge in [-0.2, -0.15) is 0 Å². The molecule has 0 saturated heterocycles. The average molecular weight is 263 g/mol. The van der Waals surface area contributed by atoms with Gasteiger partial charge < -0.3 is 5.32 Å². The predicted octanol–water partition coefficient (Wildman–Crippen LogP) is 4.32. The average Bonchev–Trinajstić information content (AvgIpc) is 2.93. The summed E-state index contributed by atoms with van der Waals surface area (Å²) in [5, 5.41) is 3.60. The Kier molecular flexibility index (Phi) is 3.76. The summed E-state index contributed by atoms with van der Waals surface area (Å²) in [7, 11) is 2.15. The molecule has 1 heterocycles. The highest BCUT2D eigenvalue weighted by molar-refractivity contribution is 7.12. The van der Waals surface area contributed by atoms with Crippen LogP contribution < -0.4 is 5.32 Å². The van der Waals surface area contributed by atoms with Gasteiger partial charge in [0.25, 0.3) is 0 Å². The zero-order chi connectivity index (χ0) is 12.5. The van der Waals surface area contributed by atoms with Crippen LogP contribution >= 0.6 is 11.3 Å². The van der Waals surface area contributed by atoms with Gasteiger partial charge in [0.1, 0.15) is 0 Å². The summed E-state index contributed by atoms with van der Waals surface area (Å²) in [4.78, 5) is 3.29. The molecule has 0 bridgehead atoms. The normalized spacial score (nSPS) is 29.2. The van der Waals surface area contributed by atoms with Crippen molar-refractivity contribution in [3.8, 4) is 0 Å². The number of aryl methyl sites for hydroxylation is 2. The second kappa shape index (κ2) is 5.34. The third-order valence-electron chi connectivity index (χ3n) is 4.92. The molecule has 0 amide bonds. The first kappa shape index (κ1) is 12.7. The van der Waals surface area contributed by atoms with Crippen molar-refractivity contribution < 1.29 is 0 Å². The zero-order valence-electron chi connectivity index (χ0n) is 11.7. The Labute approximate surface area is 115 Å². The number of fused-ring (bicyclic) bond motifs is 1. The fourth-order valence-corrected chi connectivity index (χ4v) is 5.20. The Morgan fingerprint density at radius 2 is 2.00 bits per heavy atom. The highest BCUT2D eigenvalue weighted by atomic mass is 32.1. The summed E-state index contributed by atoms with van der Waals surface area (Å²) in [6.07, 6.45) is 9.71.